The average molecular weight is 494 g/mol. The van der Waals surface area contributed by atoms with Crippen LogP contribution >= 0.6 is 11.6 Å². The Labute approximate surface area is 212 Å². The van der Waals surface area contributed by atoms with E-state index >= 15 is 0 Å². The van der Waals surface area contributed by atoms with Crippen LogP contribution in [0.3, 0.4) is 0 Å². The van der Waals surface area contributed by atoms with E-state index in [1.54, 1.807) is 0 Å². The maximum atomic E-state index is 13.8. The number of nitrogens with zero attached hydrogens (tertiary/aromatic N) is 1. The summed E-state index contributed by atoms with van der Waals surface area (Å²) < 4.78 is 11.6. The van der Waals surface area contributed by atoms with Gasteiger partial charge in [0.1, 0.15) is 11.5 Å². The number of esters is 1. The van der Waals surface area contributed by atoms with E-state index in [2.05, 4.69) is 0 Å². The van der Waals surface area contributed by atoms with Gasteiger partial charge < -0.3 is 9.47 Å². The third-order valence-electron chi connectivity index (χ3n) is 6.62. The Morgan fingerprint density at radius 3 is 2.49 bits per heavy atom. The zero-order valence-electron chi connectivity index (χ0n) is 20.7. The Bertz CT molecular complexity index is 1170. The summed E-state index contributed by atoms with van der Waals surface area (Å²) in [5.74, 6) is -0.450. The van der Waals surface area contributed by atoms with Gasteiger partial charge in [-0.1, -0.05) is 55.8 Å². The number of allylic oxidation sites excluding steroid dienone is 1. The molecule has 0 aromatic heterocycles. The third-order valence-corrected chi connectivity index (χ3v) is 6.87. The van der Waals surface area contributed by atoms with Crippen molar-refractivity contribution in [3.8, 4) is 5.75 Å². The second-order valence-corrected chi connectivity index (χ2v) is 10.1. The van der Waals surface area contributed by atoms with Crippen LogP contribution in [-0.4, -0.2) is 30.7 Å². The van der Waals surface area contributed by atoms with Crippen LogP contribution in [0.5, 0.6) is 5.75 Å². The predicted molar refractivity (Wildman–Crippen MR) is 138 cm³/mol. The number of ketones is 1. The fraction of sp³-hybridized carbons (Fsp3) is 0.414. The van der Waals surface area contributed by atoms with Crippen molar-refractivity contribution < 1.29 is 19.1 Å². The number of carbonyl (C=O) groups is 2. The number of para-hydroxylation sites is 1. The lowest BCUT2D eigenvalue weighted by Gasteiger charge is -2.38. The second kappa shape index (κ2) is 10.8. The summed E-state index contributed by atoms with van der Waals surface area (Å²) in [6.45, 7) is 8.54. The molecule has 0 amide bonds. The minimum atomic E-state index is -0.523. The summed E-state index contributed by atoms with van der Waals surface area (Å²) in [7, 11) is 0. The molecule has 0 spiro atoms. The largest absolute Gasteiger partial charge is 0.494 e. The summed E-state index contributed by atoms with van der Waals surface area (Å²) in [6, 6.07) is 15.3. The molecule has 1 aliphatic heterocycles. The van der Waals surface area contributed by atoms with Crippen molar-refractivity contribution in [1.82, 2.24) is 0 Å². The number of halogens is 1. The topological polar surface area (TPSA) is 65.0 Å². The second-order valence-electron chi connectivity index (χ2n) is 9.64. The number of rotatable bonds is 7. The lowest BCUT2D eigenvalue weighted by molar-refractivity contribution is -0.140. The molecular formula is C29H32ClNO4. The van der Waals surface area contributed by atoms with Gasteiger partial charge in [0.15, 0.2) is 0 Å². The van der Waals surface area contributed by atoms with Gasteiger partial charge in [-0.25, -0.2) is 4.79 Å². The maximum Gasteiger partial charge on any atom is 0.336 e. The van der Waals surface area contributed by atoms with Crippen molar-refractivity contribution >= 4 is 29.1 Å². The molecule has 3 atom stereocenters. The van der Waals surface area contributed by atoms with Crippen LogP contribution < -0.4 is 4.74 Å². The van der Waals surface area contributed by atoms with Gasteiger partial charge in [0.2, 0.25) is 0 Å². The van der Waals surface area contributed by atoms with Gasteiger partial charge in [-0.3, -0.25) is 9.79 Å². The van der Waals surface area contributed by atoms with E-state index in [1.165, 1.54) is 0 Å². The molecule has 4 rings (SSSR count). The third kappa shape index (κ3) is 5.35. The molecule has 1 unspecified atom stereocenters. The number of hydrogen-bond acceptors (Lipinski definition) is 5. The molecule has 2 aromatic carbocycles. The van der Waals surface area contributed by atoms with E-state index in [0.717, 1.165) is 16.8 Å². The number of carbonyl (C=O) groups excluding carboxylic acids is 2. The number of Topliss-reactive ketones (excluding diaryl/α,β-unsaturated/α-hetero) is 1. The van der Waals surface area contributed by atoms with Gasteiger partial charge in [0, 0.05) is 34.3 Å². The molecule has 2 aliphatic rings. The smallest absolute Gasteiger partial charge is 0.336 e. The Kier molecular flexibility index (Phi) is 7.75. The molecule has 184 valence electrons. The van der Waals surface area contributed by atoms with Crippen LogP contribution in [0.2, 0.25) is 5.02 Å². The van der Waals surface area contributed by atoms with Crippen molar-refractivity contribution in [3.63, 3.8) is 0 Å². The molecule has 0 radical (unpaired) electrons. The fourth-order valence-corrected chi connectivity index (χ4v) is 5.22. The Morgan fingerprint density at radius 2 is 1.80 bits per heavy atom. The zero-order chi connectivity index (χ0) is 25.1. The lowest BCUT2D eigenvalue weighted by Crippen LogP contribution is -2.41. The maximum absolute atomic E-state index is 13.8. The summed E-state index contributed by atoms with van der Waals surface area (Å²) in [5, 5.41) is 0.666. The minimum absolute atomic E-state index is 0.0276. The van der Waals surface area contributed by atoms with Crippen LogP contribution in [0, 0.1) is 11.8 Å². The number of ether oxygens (including phenoxy) is 2. The molecule has 35 heavy (non-hydrogen) atoms. The number of benzene rings is 2. The van der Waals surface area contributed by atoms with Crippen LogP contribution in [0.25, 0.3) is 0 Å². The Morgan fingerprint density at radius 1 is 1.09 bits per heavy atom. The highest BCUT2D eigenvalue weighted by Gasteiger charge is 2.47. The number of aliphatic imine (C=N–C) groups is 1. The fourth-order valence-electron chi connectivity index (χ4n) is 5.09. The highest BCUT2D eigenvalue weighted by molar-refractivity contribution is 6.30. The zero-order valence-corrected chi connectivity index (χ0v) is 21.5. The Hall–Kier alpha value is -2.92. The van der Waals surface area contributed by atoms with Crippen molar-refractivity contribution in [2.24, 2.45) is 16.8 Å². The van der Waals surface area contributed by atoms with Crippen molar-refractivity contribution in [2.45, 2.75) is 52.4 Å². The van der Waals surface area contributed by atoms with Gasteiger partial charge >= 0.3 is 5.97 Å². The van der Waals surface area contributed by atoms with Crippen LogP contribution in [0.4, 0.5) is 0 Å². The van der Waals surface area contributed by atoms with Gasteiger partial charge in [-0.05, 0) is 55.9 Å². The Balaban J connectivity index is 1.79. The molecule has 1 saturated carbocycles. The lowest BCUT2D eigenvalue weighted by atomic mass is 9.66. The van der Waals surface area contributed by atoms with Crippen molar-refractivity contribution in [1.29, 1.82) is 0 Å². The van der Waals surface area contributed by atoms with Crippen molar-refractivity contribution in [3.05, 3.63) is 76.0 Å². The predicted octanol–water partition coefficient (Wildman–Crippen LogP) is 6.51. The van der Waals surface area contributed by atoms with E-state index in [-0.39, 0.29) is 17.6 Å². The van der Waals surface area contributed by atoms with Gasteiger partial charge in [0.05, 0.1) is 24.7 Å². The van der Waals surface area contributed by atoms with E-state index in [1.807, 2.05) is 76.2 Å². The summed E-state index contributed by atoms with van der Waals surface area (Å²) in [5.41, 5.74) is 3.76. The molecule has 5 nitrogen and oxygen atoms in total. The average Bonchev–Trinajstić information content (AvgIpc) is 2.82. The SMILES string of the molecule is CCOc1ccccc1[C@H]1C(C(=O)OCC(C)C)=C(C)N=C2C[C@@H](c3ccc(Cl)cc3)CC(=O)C21. The minimum Gasteiger partial charge on any atom is -0.494 e. The van der Waals surface area contributed by atoms with Gasteiger partial charge in [-0.2, -0.15) is 0 Å². The molecular weight excluding hydrogens is 462 g/mol. The molecule has 0 saturated heterocycles. The number of hydrogen-bond donors (Lipinski definition) is 0. The first kappa shape index (κ1) is 25.2. The van der Waals surface area contributed by atoms with Crippen LogP contribution in [0.15, 0.2) is 64.8 Å². The molecule has 2 aromatic rings. The van der Waals surface area contributed by atoms with E-state index in [0.29, 0.717) is 48.1 Å². The van der Waals surface area contributed by atoms with E-state index in [9.17, 15) is 9.59 Å². The molecule has 1 fully saturated rings. The quantitative estimate of drug-likeness (QED) is 0.412. The van der Waals surface area contributed by atoms with Crippen LogP contribution in [-0.2, 0) is 14.3 Å². The summed E-state index contributed by atoms with van der Waals surface area (Å²) >= 11 is 6.07. The van der Waals surface area contributed by atoms with Crippen LogP contribution in [0.1, 0.15) is 63.5 Å². The highest BCUT2D eigenvalue weighted by atomic mass is 35.5. The van der Waals surface area contributed by atoms with E-state index in [4.69, 9.17) is 26.1 Å². The van der Waals surface area contributed by atoms with Crippen molar-refractivity contribution in [2.75, 3.05) is 13.2 Å². The number of fused-ring (bicyclic) bond motifs is 1. The first-order chi connectivity index (χ1) is 16.8. The molecule has 1 aliphatic carbocycles. The van der Waals surface area contributed by atoms with E-state index < -0.39 is 17.8 Å². The molecule has 1 heterocycles. The monoisotopic (exact) mass is 493 g/mol. The normalized spacial score (nSPS) is 22.1. The first-order valence-electron chi connectivity index (χ1n) is 12.2. The molecule has 0 bridgehead atoms. The molecule has 6 heteroatoms. The van der Waals surface area contributed by atoms with Gasteiger partial charge in [0.25, 0.3) is 0 Å². The summed E-state index contributed by atoms with van der Waals surface area (Å²) in [4.78, 5) is 31.9. The van der Waals surface area contributed by atoms with Gasteiger partial charge in [-0.15, -0.1) is 0 Å². The summed E-state index contributed by atoms with van der Waals surface area (Å²) in [6.07, 6.45) is 1.03. The standard InChI is InChI=1S/C29H32ClNO4/c1-5-34-25-9-7-6-8-22(25)27-26(29(33)35-16-17(2)3)18(4)31-23-14-20(15-24(32)28(23)27)19-10-12-21(30)13-11-19/h6-13,17,20,27-28H,5,14-16H2,1-4H3/t20-,27+,28?/m1/s1. The first-order valence-corrected chi connectivity index (χ1v) is 12.6. The highest BCUT2D eigenvalue weighted by Crippen LogP contribution is 2.48. The molecule has 0 N–H and O–H groups in total.